The van der Waals surface area contributed by atoms with Gasteiger partial charge in [0.05, 0.1) is 12.0 Å². The smallest absolute Gasteiger partial charge is 0.243 e. The van der Waals surface area contributed by atoms with Crippen LogP contribution in [0.4, 0.5) is 5.69 Å². The SMILES string of the molecule is COc1ccc(N2CCCN(C(=O)C3CCN(S(=O)(=O)c4c(C)cc(C)cc4C)CC3)CC2)cc1. The first-order chi connectivity index (χ1) is 16.7. The number of hydrogen-bond acceptors (Lipinski definition) is 5. The number of piperidine rings is 1. The lowest BCUT2D eigenvalue weighted by atomic mass is 9.96. The van der Waals surface area contributed by atoms with Gasteiger partial charge in [0.2, 0.25) is 15.9 Å². The molecule has 35 heavy (non-hydrogen) atoms. The molecule has 0 unspecified atom stereocenters. The Morgan fingerprint density at radius 1 is 0.886 bits per heavy atom. The van der Waals surface area contributed by atoms with E-state index in [4.69, 9.17) is 4.74 Å². The summed E-state index contributed by atoms with van der Waals surface area (Å²) in [6, 6.07) is 11.9. The van der Waals surface area contributed by atoms with E-state index < -0.39 is 10.0 Å². The number of carbonyl (C=O) groups excluding carboxylic acids is 1. The van der Waals surface area contributed by atoms with Crippen molar-refractivity contribution in [3.63, 3.8) is 0 Å². The summed E-state index contributed by atoms with van der Waals surface area (Å²) in [5, 5.41) is 0. The molecule has 0 saturated carbocycles. The van der Waals surface area contributed by atoms with Crippen LogP contribution in [0.2, 0.25) is 0 Å². The quantitative estimate of drug-likeness (QED) is 0.627. The second-order valence-corrected chi connectivity index (χ2v) is 11.6. The van der Waals surface area contributed by atoms with E-state index in [0.29, 0.717) is 37.4 Å². The lowest BCUT2D eigenvalue weighted by molar-refractivity contribution is -0.136. The molecule has 190 valence electrons. The summed E-state index contributed by atoms with van der Waals surface area (Å²) in [7, 11) is -1.91. The van der Waals surface area contributed by atoms with Crippen LogP contribution in [0.15, 0.2) is 41.3 Å². The van der Waals surface area contributed by atoms with Crippen LogP contribution in [0.1, 0.15) is 36.0 Å². The molecule has 7 nitrogen and oxygen atoms in total. The minimum absolute atomic E-state index is 0.116. The van der Waals surface area contributed by atoms with Crippen molar-refractivity contribution in [3.05, 3.63) is 53.1 Å². The van der Waals surface area contributed by atoms with E-state index in [-0.39, 0.29) is 11.8 Å². The fraction of sp³-hybridized carbons (Fsp3) is 0.519. The number of aryl methyl sites for hydroxylation is 3. The Morgan fingerprint density at radius 2 is 1.51 bits per heavy atom. The summed E-state index contributed by atoms with van der Waals surface area (Å²) in [6.07, 6.45) is 2.05. The topological polar surface area (TPSA) is 70.2 Å². The van der Waals surface area contributed by atoms with E-state index in [1.165, 1.54) is 0 Å². The predicted octanol–water partition coefficient (Wildman–Crippen LogP) is 3.76. The molecule has 0 aromatic heterocycles. The molecule has 0 radical (unpaired) electrons. The Kier molecular flexibility index (Phi) is 7.71. The average Bonchev–Trinajstić information content (AvgIpc) is 3.09. The maximum Gasteiger partial charge on any atom is 0.243 e. The Morgan fingerprint density at radius 3 is 2.11 bits per heavy atom. The summed E-state index contributed by atoms with van der Waals surface area (Å²) < 4.78 is 33.6. The third kappa shape index (κ3) is 5.48. The summed E-state index contributed by atoms with van der Waals surface area (Å²) in [5.74, 6) is 0.886. The highest BCUT2D eigenvalue weighted by Gasteiger charge is 2.35. The number of ether oxygens (including phenoxy) is 1. The van der Waals surface area contributed by atoms with Gasteiger partial charge in [0, 0.05) is 50.9 Å². The van der Waals surface area contributed by atoms with Gasteiger partial charge in [-0.25, -0.2) is 8.42 Å². The Hall–Kier alpha value is -2.58. The molecule has 4 rings (SSSR count). The molecule has 2 aliphatic rings. The van der Waals surface area contributed by atoms with Crippen molar-refractivity contribution < 1.29 is 17.9 Å². The van der Waals surface area contributed by atoms with Gasteiger partial charge in [-0.05, 0) is 75.4 Å². The molecule has 0 atom stereocenters. The first-order valence-electron chi connectivity index (χ1n) is 12.5. The number of anilines is 1. The number of methoxy groups -OCH3 is 1. The van der Waals surface area contributed by atoms with Crippen LogP contribution in [0.3, 0.4) is 0 Å². The van der Waals surface area contributed by atoms with Gasteiger partial charge in [0.1, 0.15) is 5.75 Å². The van der Waals surface area contributed by atoms with Crippen molar-refractivity contribution in [3.8, 4) is 5.75 Å². The van der Waals surface area contributed by atoms with Crippen molar-refractivity contribution in [2.24, 2.45) is 5.92 Å². The molecule has 0 aliphatic carbocycles. The predicted molar refractivity (Wildman–Crippen MR) is 139 cm³/mol. The molecule has 2 aliphatic heterocycles. The molecule has 0 N–H and O–H groups in total. The molecule has 1 amide bonds. The van der Waals surface area contributed by atoms with Crippen LogP contribution in [-0.2, 0) is 14.8 Å². The normalized spacial score (nSPS) is 18.4. The summed E-state index contributed by atoms with van der Waals surface area (Å²) >= 11 is 0. The molecule has 0 spiro atoms. The van der Waals surface area contributed by atoms with E-state index in [2.05, 4.69) is 17.0 Å². The van der Waals surface area contributed by atoms with Crippen molar-refractivity contribution in [2.75, 3.05) is 51.3 Å². The third-order valence-electron chi connectivity index (χ3n) is 7.25. The van der Waals surface area contributed by atoms with Gasteiger partial charge in [0.25, 0.3) is 0 Å². The Balaban J connectivity index is 1.36. The standard InChI is InChI=1S/C27H37N3O4S/c1-20-18-21(2)26(22(3)19-20)35(32,33)30-14-10-23(11-15-30)27(31)29-13-5-12-28(16-17-29)24-6-8-25(34-4)9-7-24/h6-9,18-19,23H,5,10-17H2,1-4H3. The lowest BCUT2D eigenvalue weighted by Gasteiger charge is -2.34. The van der Waals surface area contributed by atoms with Gasteiger partial charge < -0.3 is 14.5 Å². The lowest BCUT2D eigenvalue weighted by Crippen LogP contribution is -2.45. The van der Waals surface area contributed by atoms with Crippen LogP contribution < -0.4 is 9.64 Å². The molecule has 2 aromatic rings. The number of amides is 1. The highest BCUT2D eigenvalue weighted by atomic mass is 32.2. The van der Waals surface area contributed by atoms with Crippen molar-refractivity contribution >= 4 is 21.6 Å². The van der Waals surface area contributed by atoms with E-state index in [1.54, 1.807) is 11.4 Å². The van der Waals surface area contributed by atoms with Crippen molar-refractivity contribution in [1.82, 2.24) is 9.21 Å². The zero-order valence-electron chi connectivity index (χ0n) is 21.3. The van der Waals surface area contributed by atoms with Crippen molar-refractivity contribution in [1.29, 1.82) is 0 Å². The fourth-order valence-corrected chi connectivity index (χ4v) is 7.37. The Bertz CT molecular complexity index is 1130. The number of nitrogens with zero attached hydrogens (tertiary/aromatic N) is 3. The zero-order valence-corrected chi connectivity index (χ0v) is 22.1. The number of sulfonamides is 1. The number of carbonyl (C=O) groups is 1. The van der Waals surface area contributed by atoms with Crippen LogP contribution in [0.5, 0.6) is 5.75 Å². The number of benzene rings is 2. The maximum atomic E-state index is 13.4. The van der Waals surface area contributed by atoms with Crippen LogP contribution in [0, 0.1) is 26.7 Å². The van der Waals surface area contributed by atoms with Gasteiger partial charge in [-0.3, -0.25) is 4.79 Å². The van der Waals surface area contributed by atoms with Gasteiger partial charge in [-0.1, -0.05) is 17.7 Å². The van der Waals surface area contributed by atoms with E-state index >= 15 is 0 Å². The molecule has 2 fully saturated rings. The fourth-order valence-electron chi connectivity index (χ4n) is 5.49. The Labute approximate surface area is 209 Å². The average molecular weight is 500 g/mol. The highest BCUT2D eigenvalue weighted by Crippen LogP contribution is 2.30. The molecule has 2 aromatic carbocycles. The minimum Gasteiger partial charge on any atom is -0.497 e. The molecular formula is C27H37N3O4S. The van der Waals surface area contributed by atoms with Gasteiger partial charge in [-0.2, -0.15) is 4.31 Å². The largest absolute Gasteiger partial charge is 0.497 e. The second-order valence-electron chi connectivity index (χ2n) is 9.77. The summed E-state index contributed by atoms with van der Waals surface area (Å²) in [4.78, 5) is 18.0. The molecule has 2 heterocycles. The van der Waals surface area contributed by atoms with Crippen LogP contribution in [0.25, 0.3) is 0 Å². The third-order valence-corrected chi connectivity index (χ3v) is 9.46. The summed E-state index contributed by atoms with van der Waals surface area (Å²) in [5.41, 5.74) is 3.77. The number of hydrogen-bond donors (Lipinski definition) is 0. The van der Waals surface area contributed by atoms with Gasteiger partial charge in [0.15, 0.2) is 0 Å². The number of rotatable bonds is 5. The highest BCUT2D eigenvalue weighted by molar-refractivity contribution is 7.89. The zero-order chi connectivity index (χ0) is 25.2. The molecule has 8 heteroatoms. The molecular weight excluding hydrogens is 462 g/mol. The van der Waals surface area contributed by atoms with E-state index in [1.807, 2.05) is 49.9 Å². The van der Waals surface area contributed by atoms with E-state index in [9.17, 15) is 13.2 Å². The maximum absolute atomic E-state index is 13.4. The van der Waals surface area contributed by atoms with Gasteiger partial charge in [-0.15, -0.1) is 0 Å². The molecule has 2 saturated heterocycles. The van der Waals surface area contributed by atoms with E-state index in [0.717, 1.165) is 54.2 Å². The summed E-state index contributed by atoms with van der Waals surface area (Å²) in [6.45, 7) is 9.59. The molecule has 0 bridgehead atoms. The van der Waals surface area contributed by atoms with Crippen molar-refractivity contribution in [2.45, 2.75) is 44.9 Å². The van der Waals surface area contributed by atoms with Gasteiger partial charge >= 0.3 is 0 Å². The van der Waals surface area contributed by atoms with Crippen LogP contribution in [-0.4, -0.2) is 69.9 Å². The first kappa shape index (κ1) is 25.5. The van der Waals surface area contributed by atoms with Crippen LogP contribution >= 0.6 is 0 Å². The monoisotopic (exact) mass is 499 g/mol. The first-order valence-corrected chi connectivity index (χ1v) is 13.9. The second kappa shape index (κ2) is 10.6. The minimum atomic E-state index is -3.57.